The highest BCUT2D eigenvalue weighted by Gasteiger charge is 2.18. The predicted octanol–water partition coefficient (Wildman–Crippen LogP) is 5.85. The van der Waals surface area contributed by atoms with Crippen LogP contribution in [-0.2, 0) is 6.42 Å². The van der Waals surface area contributed by atoms with E-state index >= 15 is 0 Å². The molecule has 0 atom stereocenters. The van der Waals surface area contributed by atoms with Crippen molar-refractivity contribution in [2.75, 3.05) is 0 Å². The molecular formula is C21H24. The average Bonchev–Trinajstić information content (AvgIpc) is 3.05. The molecule has 2 aliphatic rings. The Bertz CT molecular complexity index is 678. The Morgan fingerprint density at radius 2 is 1.71 bits per heavy atom. The van der Waals surface area contributed by atoms with Crippen molar-refractivity contribution in [3.8, 4) is 0 Å². The standard InChI is InChI=1S/C21H24/c1-15-6-4-5-7-19(15)12-10-18-11-13-20(14-18)21-16(2)8-9-17(21)3/h4-8,11,14H,9-10,12-13H2,1-3H3. The summed E-state index contributed by atoms with van der Waals surface area (Å²) in [7, 11) is 0. The molecule has 0 amide bonds. The van der Waals surface area contributed by atoms with Gasteiger partial charge in [0.05, 0.1) is 0 Å². The minimum atomic E-state index is 1.11. The lowest BCUT2D eigenvalue weighted by Gasteiger charge is -2.08. The summed E-state index contributed by atoms with van der Waals surface area (Å²) in [6.07, 6.45) is 11.8. The van der Waals surface area contributed by atoms with Crippen LogP contribution < -0.4 is 0 Å². The van der Waals surface area contributed by atoms with Gasteiger partial charge >= 0.3 is 0 Å². The van der Waals surface area contributed by atoms with E-state index in [2.05, 4.69) is 63.3 Å². The van der Waals surface area contributed by atoms with E-state index in [9.17, 15) is 0 Å². The van der Waals surface area contributed by atoms with Crippen LogP contribution in [0, 0.1) is 6.92 Å². The van der Waals surface area contributed by atoms with Crippen molar-refractivity contribution in [2.24, 2.45) is 0 Å². The Hall–Kier alpha value is -1.82. The van der Waals surface area contributed by atoms with Crippen molar-refractivity contribution in [1.29, 1.82) is 0 Å². The number of benzene rings is 1. The lowest BCUT2D eigenvalue weighted by molar-refractivity contribution is 0.955. The first-order valence-corrected chi connectivity index (χ1v) is 7.96. The monoisotopic (exact) mass is 276 g/mol. The average molecular weight is 276 g/mol. The summed E-state index contributed by atoms with van der Waals surface area (Å²) < 4.78 is 0. The van der Waals surface area contributed by atoms with Gasteiger partial charge in [0.1, 0.15) is 0 Å². The van der Waals surface area contributed by atoms with E-state index in [1.165, 1.54) is 39.0 Å². The molecule has 0 fully saturated rings. The molecule has 108 valence electrons. The second kappa shape index (κ2) is 5.89. The van der Waals surface area contributed by atoms with Crippen LogP contribution in [0.25, 0.3) is 0 Å². The summed E-state index contributed by atoms with van der Waals surface area (Å²) in [4.78, 5) is 0. The van der Waals surface area contributed by atoms with Crippen molar-refractivity contribution in [2.45, 2.75) is 46.5 Å². The Labute approximate surface area is 128 Å². The maximum absolute atomic E-state index is 2.43. The van der Waals surface area contributed by atoms with E-state index in [-0.39, 0.29) is 0 Å². The second-order valence-corrected chi connectivity index (χ2v) is 6.33. The molecule has 2 aliphatic carbocycles. The van der Waals surface area contributed by atoms with Gasteiger partial charge in [-0.05, 0) is 74.3 Å². The highest BCUT2D eigenvalue weighted by atomic mass is 14.2. The van der Waals surface area contributed by atoms with Gasteiger partial charge in [0.2, 0.25) is 0 Å². The Morgan fingerprint density at radius 1 is 0.905 bits per heavy atom. The number of allylic oxidation sites excluding steroid dienone is 8. The molecule has 0 spiro atoms. The zero-order valence-corrected chi connectivity index (χ0v) is 13.4. The third-order valence-corrected chi connectivity index (χ3v) is 4.74. The molecule has 1 aromatic rings. The lowest BCUT2D eigenvalue weighted by atomic mass is 9.97. The van der Waals surface area contributed by atoms with Crippen molar-refractivity contribution in [3.63, 3.8) is 0 Å². The van der Waals surface area contributed by atoms with Crippen molar-refractivity contribution < 1.29 is 0 Å². The van der Waals surface area contributed by atoms with Gasteiger partial charge in [0.15, 0.2) is 0 Å². The van der Waals surface area contributed by atoms with Gasteiger partial charge in [0.25, 0.3) is 0 Å². The number of rotatable bonds is 4. The summed E-state index contributed by atoms with van der Waals surface area (Å²) in [5.41, 5.74) is 10.4. The third kappa shape index (κ3) is 2.95. The molecule has 0 saturated heterocycles. The van der Waals surface area contributed by atoms with Gasteiger partial charge in [-0.1, -0.05) is 53.6 Å². The van der Waals surface area contributed by atoms with Crippen LogP contribution >= 0.6 is 0 Å². The van der Waals surface area contributed by atoms with Gasteiger partial charge in [-0.3, -0.25) is 0 Å². The molecule has 0 heteroatoms. The minimum absolute atomic E-state index is 1.11. The molecule has 0 saturated carbocycles. The molecule has 0 radical (unpaired) electrons. The normalized spacial score (nSPS) is 18.0. The van der Waals surface area contributed by atoms with Crippen LogP contribution in [0.3, 0.4) is 0 Å². The minimum Gasteiger partial charge on any atom is -0.0769 e. The first kappa shape index (κ1) is 14.1. The Morgan fingerprint density at radius 3 is 2.43 bits per heavy atom. The lowest BCUT2D eigenvalue weighted by Crippen LogP contribution is -1.90. The van der Waals surface area contributed by atoms with E-state index in [1.54, 1.807) is 0 Å². The van der Waals surface area contributed by atoms with Gasteiger partial charge in [-0.15, -0.1) is 0 Å². The molecule has 1 aromatic carbocycles. The number of hydrogen-bond acceptors (Lipinski definition) is 0. The van der Waals surface area contributed by atoms with Gasteiger partial charge in [-0.25, -0.2) is 0 Å². The SMILES string of the molecule is CC1=CCC(C)=C1C1=CC(CCc2ccccc2C)=CC1. The zero-order chi connectivity index (χ0) is 14.8. The molecule has 0 unspecified atom stereocenters. The summed E-state index contributed by atoms with van der Waals surface area (Å²) in [6.45, 7) is 6.73. The van der Waals surface area contributed by atoms with Crippen LogP contribution in [-0.4, -0.2) is 0 Å². The van der Waals surface area contributed by atoms with Crippen LogP contribution in [0.15, 0.2) is 70.4 Å². The molecule has 0 heterocycles. The molecule has 0 aromatic heterocycles. The van der Waals surface area contributed by atoms with E-state index in [1.807, 2.05) is 0 Å². The van der Waals surface area contributed by atoms with E-state index < -0.39 is 0 Å². The first-order chi connectivity index (χ1) is 10.1. The molecule has 21 heavy (non-hydrogen) atoms. The first-order valence-electron chi connectivity index (χ1n) is 7.96. The van der Waals surface area contributed by atoms with Crippen molar-refractivity contribution in [3.05, 3.63) is 81.5 Å². The summed E-state index contributed by atoms with van der Waals surface area (Å²) >= 11 is 0. The summed E-state index contributed by atoms with van der Waals surface area (Å²) in [5, 5.41) is 0. The largest absolute Gasteiger partial charge is 0.0769 e. The van der Waals surface area contributed by atoms with Gasteiger partial charge < -0.3 is 0 Å². The van der Waals surface area contributed by atoms with Gasteiger partial charge in [0, 0.05) is 0 Å². The van der Waals surface area contributed by atoms with Crippen LogP contribution in [0.4, 0.5) is 0 Å². The molecule has 0 nitrogen and oxygen atoms in total. The van der Waals surface area contributed by atoms with Crippen molar-refractivity contribution >= 4 is 0 Å². The van der Waals surface area contributed by atoms with Gasteiger partial charge in [-0.2, -0.15) is 0 Å². The Balaban J connectivity index is 1.68. The Kier molecular flexibility index (Phi) is 3.96. The molecule has 0 aliphatic heterocycles. The van der Waals surface area contributed by atoms with Crippen LogP contribution in [0.5, 0.6) is 0 Å². The molecule has 0 bridgehead atoms. The quantitative estimate of drug-likeness (QED) is 0.647. The summed E-state index contributed by atoms with van der Waals surface area (Å²) in [6, 6.07) is 8.73. The van der Waals surface area contributed by atoms with E-state index in [0.29, 0.717) is 0 Å². The van der Waals surface area contributed by atoms with Crippen molar-refractivity contribution in [1.82, 2.24) is 0 Å². The second-order valence-electron chi connectivity index (χ2n) is 6.33. The third-order valence-electron chi connectivity index (χ3n) is 4.74. The zero-order valence-electron chi connectivity index (χ0n) is 13.4. The maximum atomic E-state index is 2.43. The fourth-order valence-electron chi connectivity index (χ4n) is 3.47. The highest BCUT2D eigenvalue weighted by molar-refractivity contribution is 5.57. The highest BCUT2D eigenvalue weighted by Crippen LogP contribution is 2.36. The van der Waals surface area contributed by atoms with Crippen LogP contribution in [0.2, 0.25) is 0 Å². The number of aryl methyl sites for hydroxylation is 2. The van der Waals surface area contributed by atoms with Crippen LogP contribution in [0.1, 0.15) is 44.2 Å². The fraction of sp³-hybridized carbons (Fsp3) is 0.333. The van der Waals surface area contributed by atoms with E-state index in [4.69, 9.17) is 0 Å². The fourth-order valence-corrected chi connectivity index (χ4v) is 3.47. The molecule has 3 rings (SSSR count). The predicted molar refractivity (Wildman–Crippen MR) is 91.4 cm³/mol. The van der Waals surface area contributed by atoms with E-state index in [0.717, 1.165) is 25.7 Å². The number of hydrogen-bond donors (Lipinski definition) is 0. The maximum Gasteiger partial charge on any atom is -0.00855 e. The molecular weight excluding hydrogens is 252 g/mol. The smallest absolute Gasteiger partial charge is 0.00855 e. The molecule has 0 N–H and O–H groups in total. The topological polar surface area (TPSA) is 0 Å². The summed E-state index contributed by atoms with van der Waals surface area (Å²) in [5.74, 6) is 0.